The second-order valence-corrected chi connectivity index (χ2v) is 6.09. The predicted molar refractivity (Wildman–Crippen MR) is 92.8 cm³/mol. The minimum Gasteiger partial charge on any atom is -0.352 e. The van der Waals surface area contributed by atoms with Gasteiger partial charge in [-0.2, -0.15) is 10.2 Å². The number of carbonyl (C=O) groups is 1. The Morgan fingerprint density at radius 2 is 2.21 bits per heavy atom. The first-order valence-electron chi connectivity index (χ1n) is 7.69. The molecule has 0 saturated carbocycles. The van der Waals surface area contributed by atoms with E-state index in [0.717, 1.165) is 12.1 Å². The van der Waals surface area contributed by atoms with Gasteiger partial charge in [0.2, 0.25) is 0 Å². The van der Waals surface area contributed by atoms with Crippen molar-refractivity contribution in [2.75, 3.05) is 6.54 Å². The smallest absolute Gasteiger partial charge is 0.255 e. The molecule has 0 saturated heterocycles. The van der Waals surface area contributed by atoms with Gasteiger partial charge >= 0.3 is 0 Å². The van der Waals surface area contributed by atoms with Crippen LogP contribution in [0.3, 0.4) is 0 Å². The Kier molecular flexibility index (Phi) is 4.96. The highest BCUT2D eigenvalue weighted by Crippen LogP contribution is 2.28. The average molecular weight is 344 g/mol. The van der Waals surface area contributed by atoms with E-state index < -0.39 is 0 Å². The number of carbonyl (C=O) groups excluding carboxylic acids is 1. The second-order valence-electron chi connectivity index (χ2n) is 5.68. The van der Waals surface area contributed by atoms with E-state index in [9.17, 15) is 4.79 Å². The first-order chi connectivity index (χ1) is 11.6. The zero-order chi connectivity index (χ0) is 16.9. The highest BCUT2D eigenvalue weighted by molar-refractivity contribution is 6.33. The number of hydrogen-bond donors (Lipinski definition) is 2. The summed E-state index contributed by atoms with van der Waals surface area (Å²) in [4.78, 5) is 12.5. The topological polar surface area (TPSA) is 75.6 Å². The molecule has 1 aromatic carbocycles. The number of benzene rings is 1. The molecule has 0 fully saturated rings. The van der Waals surface area contributed by atoms with Crippen molar-refractivity contribution in [1.82, 2.24) is 25.3 Å². The maximum Gasteiger partial charge on any atom is 0.255 e. The molecule has 3 rings (SSSR count). The van der Waals surface area contributed by atoms with Gasteiger partial charge in [0.05, 0.1) is 17.5 Å². The molecule has 0 unspecified atom stereocenters. The molecule has 6 nitrogen and oxygen atoms in total. The Bertz CT molecular complexity index is 812. The lowest BCUT2D eigenvalue weighted by Gasteiger charge is -2.13. The van der Waals surface area contributed by atoms with Gasteiger partial charge in [0.1, 0.15) is 0 Å². The lowest BCUT2D eigenvalue weighted by Crippen LogP contribution is -2.30. The van der Waals surface area contributed by atoms with Crippen LogP contribution in [-0.2, 0) is 6.54 Å². The van der Waals surface area contributed by atoms with Crippen LogP contribution < -0.4 is 5.32 Å². The number of nitrogens with one attached hydrogen (secondary N) is 2. The van der Waals surface area contributed by atoms with Crippen molar-refractivity contribution >= 4 is 17.5 Å². The van der Waals surface area contributed by atoms with Crippen LogP contribution >= 0.6 is 11.6 Å². The molecule has 0 aliphatic heterocycles. The summed E-state index contributed by atoms with van der Waals surface area (Å²) in [7, 11) is 0. The molecule has 0 aliphatic carbocycles. The van der Waals surface area contributed by atoms with Crippen LogP contribution in [0.5, 0.6) is 0 Å². The van der Waals surface area contributed by atoms with Crippen LogP contribution in [0.1, 0.15) is 17.3 Å². The zero-order valence-corrected chi connectivity index (χ0v) is 14.0. The largest absolute Gasteiger partial charge is 0.352 e. The first-order valence-corrected chi connectivity index (χ1v) is 8.07. The maximum atomic E-state index is 12.5. The Hall–Kier alpha value is -2.60. The van der Waals surface area contributed by atoms with Crippen LogP contribution in [0.4, 0.5) is 0 Å². The second kappa shape index (κ2) is 7.31. The Morgan fingerprint density at radius 1 is 1.38 bits per heavy atom. The van der Waals surface area contributed by atoms with Crippen molar-refractivity contribution in [3.63, 3.8) is 0 Å². The van der Waals surface area contributed by atoms with Crippen molar-refractivity contribution in [3.8, 4) is 11.3 Å². The van der Waals surface area contributed by atoms with Crippen molar-refractivity contribution < 1.29 is 4.79 Å². The Morgan fingerprint density at radius 3 is 2.96 bits per heavy atom. The fraction of sp³-hybridized carbons (Fsp3) is 0.235. The molecule has 7 heteroatoms. The van der Waals surface area contributed by atoms with Gasteiger partial charge in [-0.3, -0.25) is 14.6 Å². The summed E-state index contributed by atoms with van der Waals surface area (Å²) in [5, 5.41) is 14.5. The van der Waals surface area contributed by atoms with Crippen LogP contribution in [0.25, 0.3) is 11.3 Å². The molecule has 2 aromatic heterocycles. The summed E-state index contributed by atoms with van der Waals surface area (Å²) in [6.07, 6.45) is 5.17. The van der Waals surface area contributed by atoms with Gasteiger partial charge in [-0.1, -0.05) is 36.7 Å². The van der Waals surface area contributed by atoms with Crippen LogP contribution in [0.2, 0.25) is 5.02 Å². The van der Waals surface area contributed by atoms with E-state index in [4.69, 9.17) is 11.6 Å². The van der Waals surface area contributed by atoms with E-state index in [1.807, 2.05) is 35.1 Å². The van der Waals surface area contributed by atoms with Gasteiger partial charge in [-0.15, -0.1) is 0 Å². The lowest BCUT2D eigenvalue weighted by molar-refractivity contribution is 0.0947. The third kappa shape index (κ3) is 3.65. The number of aromatic nitrogens is 4. The van der Waals surface area contributed by atoms with E-state index in [2.05, 4.69) is 27.5 Å². The van der Waals surface area contributed by atoms with Gasteiger partial charge < -0.3 is 5.32 Å². The molecule has 2 heterocycles. The average Bonchev–Trinajstić information content (AvgIpc) is 3.24. The number of amides is 1. The molecular weight excluding hydrogens is 326 g/mol. The highest BCUT2D eigenvalue weighted by Gasteiger charge is 2.17. The minimum absolute atomic E-state index is 0.175. The van der Waals surface area contributed by atoms with Crippen LogP contribution in [0.15, 0.2) is 48.9 Å². The molecule has 1 atom stereocenters. The van der Waals surface area contributed by atoms with Crippen molar-refractivity contribution in [1.29, 1.82) is 0 Å². The Labute approximate surface area is 144 Å². The fourth-order valence-electron chi connectivity index (χ4n) is 2.48. The molecule has 124 valence electrons. The highest BCUT2D eigenvalue weighted by atomic mass is 35.5. The fourth-order valence-corrected chi connectivity index (χ4v) is 2.71. The van der Waals surface area contributed by atoms with Crippen LogP contribution in [-0.4, -0.2) is 32.4 Å². The van der Waals surface area contributed by atoms with E-state index in [1.165, 1.54) is 6.20 Å². The maximum absolute atomic E-state index is 12.5. The van der Waals surface area contributed by atoms with E-state index >= 15 is 0 Å². The summed E-state index contributed by atoms with van der Waals surface area (Å²) in [6, 6.07) is 9.24. The van der Waals surface area contributed by atoms with E-state index in [1.54, 1.807) is 12.3 Å². The molecule has 2 N–H and O–H groups in total. The minimum atomic E-state index is -0.175. The first kappa shape index (κ1) is 16.3. The predicted octanol–water partition coefficient (Wildman–Crippen LogP) is 2.99. The molecule has 0 bridgehead atoms. The van der Waals surface area contributed by atoms with E-state index in [-0.39, 0.29) is 11.8 Å². The molecule has 24 heavy (non-hydrogen) atoms. The number of halogens is 1. The summed E-state index contributed by atoms with van der Waals surface area (Å²) in [5.74, 6) is 0.0792. The van der Waals surface area contributed by atoms with Crippen molar-refractivity contribution in [3.05, 3.63) is 59.5 Å². The van der Waals surface area contributed by atoms with Gasteiger partial charge in [0.15, 0.2) is 0 Å². The summed E-state index contributed by atoms with van der Waals surface area (Å²) in [5.41, 5.74) is 1.86. The quantitative estimate of drug-likeness (QED) is 0.722. The molecule has 0 radical (unpaired) electrons. The standard InChI is InChI=1S/C17H18ClN5O/c1-12(11-23-8-4-7-21-23)9-19-17(24)14-10-20-22-16(14)13-5-2-3-6-15(13)18/h2-8,10,12H,9,11H2,1H3,(H,19,24)(H,20,22)/t12-/m1/s1. The van der Waals surface area contributed by atoms with Gasteiger partial charge in [0, 0.05) is 36.1 Å². The number of aromatic amines is 1. The Balaban J connectivity index is 1.66. The third-order valence-corrected chi connectivity index (χ3v) is 4.03. The van der Waals surface area contributed by atoms with Crippen molar-refractivity contribution in [2.45, 2.75) is 13.5 Å². The SMILES string of the molecule is C[C@H](CNC(=O)c1cn[nH]c1-c1ccccc1Cl)Cn1cccn1. The third-order valence-electron chi connectivity index (χ3n) is 3.70. The summed E-state index contributed by atoms with van der Waals surface area (Å²) in [6.45, 7) is 3.36. The van der Waals surface area contributed by atoms with Gasteiger partial charge in [-0.25, -0.2) is 0 Å². The molecule has 3 aromatic rings. The summed E-state index contributed by atoms with van der Waals surface area (Å²) < 4.78 is 1.85. The monoisotopic (exact) mass is 343 g/mol. The summed E-state index contributed by atoms with van der Waals surface area (Å²) >= 11 is 6.21. The molecular formula is C17H18ClN5O. The van der Waals surface area contributed by atoms with Gasteiger partial charge in [-0.05, 0) is 18.1 Å². The number of nitrogens with zero attached hydrogens (tertiary/aromatic N) is 3. The molecule has 0 spiro atoms. The number of rotatable bonds is 6. The van der Waals surface area contributed by atoms with Crippen LogP contribution in [0, 0.1) is 5.92 Å². The normalized spacial score (nSPS) is 12.1. The zero-order valence-electron chi connectivity index (χ0n) is 13.2. The number of H-pyrrole nitrogens is 1. The molecule has 1 amide bonds. The molecule has 0 aliphatic rings. The lowest BCUT2D eigenvalue weighted by atomic mass is 10.1. The van der Waals surface area contributed by atoms with Gasteiger partial charge in [0.25, 0.3) is 5.91 Å². The van der Waals surface area contributed by atoms with Crippen molar-refractivity contribution in [2.24, 2.45) is 5.92 Å². The van der Waals surface area contributed by atoms with E-state index in [0.29, 0.717) is 22.8 Å². The number of hydrogen-bond acceptors (Lipinski definition) is 3.